The lowest BCUT2D eigenvalue weighted by Gasteiger charge is -2.53. The Morgan fingerprint density at radius 1 is 0.957 bits per heavy atom. The summed E-state index contributed by atoms with van der Waals surface area (Å²) in [6.07, 6.45) is -5.68. The zero-order valence-corrected chi connectivity index (χ0v) is 26.0. The molecule has 242 valence electrons. The first kappa shape index (κ1) is 31.7. The summed E-state index contributed by atoms with van der Waals surface area (Å²) in [6, 6.07) is 26.5. The fourth-order valence-corrected chi connectivity index (χ4v) is 6.93. The summed E-state index contributed by atoms with van der Waals surface area (Å²) in [5.74, 6) is 0.530. The highest BCUT2D eigenvalue weighted by atomic mass is 19.4. The third-order valence-electron chi connectivity index (χ3n) is 8.89. The lowest BCUT2D eigenvalue weighted by atomic mass is 9.81. The van der Waals surface area contributed by atoms with Gasteiger partial charge in [0, 0.05) is 69.8 Å². The van der Waals surface area contributed by atoms with Crippen LogP contribution in [0.3, 0.4) is 0 Å². The minimum Gasteiger partial charge on any atom is -0.494 e. The van der Waals surface area contributed by atoms with E-state index in [1.165, 1.54) is 11.1 Å². The summed E-state index contributed by atoms with van der Waals surface area (Å²) in [5.41, 5.74) is 3.71. The van der Waals surface area contributed by atoms with Gasteiger partial charge in [-0.2, -0.15) is 17.9 Å². The average Bonchev–Trinajstić information content (AvgIpc) is 3.49. The smallest absolute Gasteiger partial charge is 0.396 e. The molecule has 46 heavy (non-hydrogen) atoms. The molecule has 2 unspecified atom stereocenters. The van der Waals surface area contributed by atoms with Crippen LogP contribution < -0.4 is 4.74 Å². The van der Waals surface area contributed by atoms with Gasteiger partial charge >= 0.3 is 6.18 Å². The molecule has 0 N–H and O–H groups in total. The summed E-state index contributed by atoms with van der Waals surface area (Å²) >= 11 is 0. The van der Waals surface area contributed by atoms with Crippen LogP contribution in [-0.2, 0) is 17.8 Å². The molecule has 2 saturated heterocycles. The number of carbonyl (C=O) groups is 1. The maximum absolute atomic E-state index is 13.3. The molecule has 9 nitrogen and oxygen atoms in total. The summed E-state index contributed by atoms with van der Waals surface area (Å²) in [4.78, 5) is 19.4. The maximum Gasteiger partial charge on any atom is 0.396 e. The van der Waals surface area contributed by atoms with Crippen molar-refractivity contribution >= 4 is 5.91 Å². The van der Waals surface area contributed by atoms with Crippen molar-refractivity contribution in [2.45, 2.75) is 51.0 Å². The first-order valence-corrected chi connectivity index (χ1v) is 15.6. The van der Waals surface area contributed by atoms with Crippen LogP contribution in [0.4, 0.5) is 13.2 Å². The highest BCUT2D eigenvalue weighted by Gasteiger charge is 2.43. The molecule has 0 saturated carbocycles. The van der Waals surface area contributed by atoms with Gasteiger partial charge < -0.3 is 9.64 Å². The van der Waals surface area contributed by atoms with Gasteiger partial charge in [-0.05, 0) is 46.7 Å². The first-order chi connectivity index (χ1) is 22.2. The zero-order valence-electron chi connectivity index (χ0n) is 26.0. The molecule has 1 amide bonds. The topological polar surface area (TPSA) is 79.6 Å². The molecular formula is C34H38F3N7O2. The third-order valence-corrected chi connectivity index (χ3v) is 8.89. The minimum atomic E-state index is -4.45. The van der Waals surface area contributed by atoms with Gasteiger partial charge in [0.05, 0.1) is 12.3 Å². The lowest BCUT2D eigenvalue weighted by Crippen LogP contribution is -2.67. The van der Waals surface area contributed by atoms with Crippen molar-refractivity contribution in [3.05, 3.63) is 101 Å². The fraction of sp³-hybridized carbons (Fsp3) is 0.412. The number of nitrogens with zero attached hydrogens (tertiary/aromatic N) is 7. The van der Waals surface area contributed by atoms with Gasteiger partial charge in [-0.3, -0.25) is 14.6 Å². The van der Waals surface area contributed by atoms with Crippen LogP contribution >= 0.6 is 0 Å². The Morgan fingerprint density at radius 2 is 1.65 bits per heavy atom. The molecule has 0 bridgehead atoms. The van der Waals surface area contributed by atoms with Crippen LogP contribution in [0.5, 0.6) is 5.75 Å². The SMILES string of the molecule is CCOc1ccc(-n2nnnc2CC(F)(F)F)cc1CN1CC2CN(C(C)=O)CCN2C(C(c2ccccc2)c2ccccc2)C1. The number of amides is 1. The van der Waals surface area contributed by atoms with E-state index in [4.69, 9.17) is 4.74 Å². The normalized spacial score (nSPS) is 19.3. The molecule has 2 atom stereocenters. The number of benzene rings is 3. The number of alkyl halides is 3. The number of fused-ring (bicyclic) bond motifs is 1. The molecule has 0 spiro atoms. The van der Waals surface area contributed by atoms with E-state index in [0.717, 1.165) is 29.9 Å². The molecule has 2 aliphatic heterocycles. The highest BCUT2D eigenvalue weighted by Crippen LogP contribution is 2.37. The molecule has 0 radical (unpaired) electrons. The number of hydrogen-bond acceptors (Lipinski definition) is 7. The second-order valence-electron chi connectivity index (χ2n) is 11.9. The van der Waals surface area contributed by atoms with Crippen molar-refractivity contribution in [2.24, 2.45) is 0 Å². The van der Waals surface area contributed by atoms with Gasteiger partial charge in [0.15, 0.2) is 5.82 Å². The number of rotatable bonds is 9. The van der Waals surface area contributed by atoms with E-state index in [2.05, 4.69) is 73.9 Å². The number of piperazine rings is 2. The van der Waals surface area contributed by atoms with Crippen molar-refractivity contribution in [2.75, 3.05) is 39.3 Å². The van der Waals surface area contributed by atoms with Crippen molar-refractivity contribution in [3.63, 3.8) is 0 Å². The number of tetrazole rings is 1. The van der Waals surface area contributed by atoms with Crippen molar-refractivity contribution in [1.82, 2.24) is 34.9 Å². The molecule has 12 heteroatoms. The first-order valence-electron chi connectivity index (χ1n) is 15.6. The van der Waals surface area contributed by atoms with Gasteiger partial charge in [-0.25, -0.2) is 0 Å². The second kappa shape index (κ2) is 13.6. The quantitative estimate of drug-likeness (QED) is 0.264. The molecule has 3 heterocycles. The van der Waals surface area contributed by atoms with E-state index < -0.39 is 12.6 Å². The molecule has 6 rings (SSSR count). The van der Waals surface area contributed by atoms with E-state index in [1.54, 1.807) is 19.1 Å². The molecule has 2 aliphatic rings. The van der Waals surface area contributed by atoms with Crippen LogP contribution in [0.1, 0.15) is 42.3 Å². The van der Waals surface area contributed by atoms with Crippen molar-refractivity contribution < 1.29 is 22.7 Å². The number of halogens is 3. The Kier molecular flexibility index (Phi) is 9.37. The predicted molar refractivity (Wildman–Crippen MR) is 167 cm³/mol. The number of hydrogen-bond donors (Lipinski definition) is 0. The van der Waals surface area contributed by atoms with Crippen molar-refractivity contribution in [3.8, 4) is 11.4 Å². The van der Waals surface area contributed by atoms with E-state index >= 15 is 0 Å². The van der Waals surface area contributed by atoms with Crippen LogP contribution in [0, 0.1) is 0 Å². The summed E-state index contributed by atoms with van der Waals surface area (Å²) in [6.45, 7) is 8.00. The van der Waals surface area contributed by atoms with Gasteiger partial charge in [-0.15, -0.1) is 5.10 Å². The summed E-state index contributed by atoms with van der Waals surface area (Å²) in [5, 5.41) is 11.0. The lowest BCUT2D eigenvalue weighted by molar-refractivity contribution is -0.134. The highest BCUT2D eigenvalue weighted by molar-refractivity contribution is 5.73. The van der Waals surface area contributed by atoms with Gasteiger partial charge in [0.2, 0.25) is 5.91 Å². The Hall–Kier alpha value is -4.29. The third kappa shape index (κ3) is 7.07. The Bertz CT molecular complexity index is 1580. The molecule has 2 fully saturated rings. The standard InChI is InChI=1S/C34H38F3N7O2/c1-3-46-31-15-14-28(44-32(38-39-40-44)19-34(35,36)37)18-27(31)20-41-21-29-22-42(24(2)45)16-17-43(29)30(23-41)33(25-10-6-4-7-11-25)26-12-8-5-9-13-26/h4-15,18,29-30,33H,3,16-17,19-23H2,1-2H3. The van der Waals surface area contributed by atoms with Gasteiger partial charge in [0.25, 0.3) is 0 Å². The van der Waals surface area contributed by atoms with Gasteiger partial charge in [0.1, 0.15) is 12.2 Å². The number of carbonyl (C=O) groups excluding carboxylic acids is 1. The largest absolute Gasteiger partial charge is 0.494 e. The van der Waals surface area contributed by atoms with Crippen LogP contribution in [0.15, 0.2) is 78.9 Å². The number of ether oxygens (including phenoxy) is 1. The Morgan fingerprint density at radius 3 is 2.28 bits per heavy atom. The molecular weight excluding hydrogens is 595 g/mol. The average molecular weight is 634 g/mol. The number of aromatic nitrogens is 4. The Balaban J connectivity index is 1.37. The van der Waals surface area contributed by atoms with Crippen molar-refractivity contribution in [1.29, 1.82) is 0 Å². The van der Waals surface area contributed by atoms with Crippen LogP contribution in [0.25, 0.3) is 5.69 Å². The van der Waals surface area contributed by atoms with E-state index in [0.29, 0.717) is 37.7 Å². The van der Waals surface area contributed by atoms with Crippen LogP contribution in [0.2, 0.25) is 0 Å². The van der Waals surface area contributed by atoms with E-state index in [9.17, 15) is 18.0 Å². The fourth-order valence-electron chi connectivity index (χ4n) is 6.93. The monoisotopic (exact) mass is 633 g/mol. The summed E-state index contributed by atoms with van der Waals surface area (Å²) < 4.78 is 46.9. The van der Waals surface area contributed by atoms with E-state index in [1.807, 2.05) is 30.0 Å². The van der Waals surface area contributed by atoms with Crippen LogP contribution in [-0.4, -0.2) is 98.4 Å². The molecule has 3 aromatic carbocycles. The Labute approximate surface area is 266 Å². The minimum absolute atomic E-state index is 0.0680. The molecule has 0 aliphatic carbocycles. The summed E-state index contributed by atoms with van der Waals surface area (Å²) in [7, 11) is 0. The zero-order chi connectivity index (χ0) is 32.3. The van der Waals surface area contributed by atoms with E-state index in [-0.39, 0.29) is 29.7 Å². The van der Waals surface area contributed by atoms with Gasteiger partial charge in [-0.1, -0.05) is 60.7 Å². The molecule has 4 aromatic rings. The second-order valence-corrected chi connectivity index (χ2v) is 11.9. The molecule has 1 aromatic heterocycles. The predicted octanol–water partition coefficient (Wildman–Crippen LogP) is 4.71. The maximum atomic E-state index is 13.3.